The Kier molecular flexibility index (Phi) is 8.81. The largest absolute Gasteiger partial charge is 0.479 e. The predicted octanol–water partition coefficient (Wildman–Crippen LogP) is 4.14. The summed E-state index contributed by atoms with van der Waals surface area (Å²) in [4.78, 5) is 26.3. The first kappa shape index (κ1) is 28.4. The minimum Gasteiger partial charge on any atom is -0.479 e. The fourth-order valence-corrected chi connectivity index (χ4v) is 5.94. The average molecular weight is 554 g/mol. The van der Waals surface area contributed by atoms with Gasteiger partial charge in [-0.3, -0.25) is 4.79 Å². The molecule has 1 amide bonds. The molecule has 210 valence electrons. The second-order valence-electron chi connectivity index (χ2n) is 10.6. The predicted molar refractivity (Wildman–Crippen MR) is 155 cm³/mol. The number of rotatable bonds is 11. The molecule has 3 aromatic rings. The SMILES string of the molecule is CC[Si](C)(C)c1cccc(Oc2ccc(CC(=O)Nc3c(OC)nc(N4CCC(N(C)C)C4)nc3OC)o2)c1. The number of aromatic nitrogens is 2. The lowest BCUT2D eigenvalue weighted by Gasteiger charge is -2.21. The van der Waals surface area contributed by atoms with E-state index in [0.717, 1.165) is 25.6 Å². The van der Waals surface area contributed by atoms with Gasteiger partial charge in [0.2, 0.25) is 23.6 Å². The Morgan fingerprint density at radius 2 is 1.87 bits per heavy atom. The van der Waals surface area contributed by atoms with Crippen molar-refractivity contribution in [1.82, 2.24) is 14.9 Å². The molecule has 10 nitrogen and oxygen atoms in total. The van der Waals surface area contributed by atoms with Gasteiger partial charge in [0.25, 0.3) is 5.95 Å². The lowest BCUT2D eigenvalue weighted by molar-refractivity contribution is -0.115. The summed E-state index contributed by atoms with van der Waals surface area (Å²) in [7, 11) is 5.65. The summed E-state index contributed by atoms with van der Waals surface area (Å²) >= 11 is 0. The highest BCUT2D eigenvalue weighted by Crippen LogP contribution is 2.35. The minimum absolute atomic E-state index is 0.0100. The van der Waals surface area contributed by atoms with E-state index < -0.39 is 8.07 Å². The topological polar surface area (TPSA) is 102 Å². The molecule has 1 N–H and O–H groups in total. The average Bonchev–Trinajstić information content (AvgIpc) is 3.59. The van der Waals surface area contributed by atoms with Crippen LogP contribution in [-0.2, 0) is 11.2 Å². The summed E-state index contributed by atoms with van der Waals surface area (Å²) in [6.45, 7) is 8.53. The van der Waals surface area contributed by atoms with Crippen molar-refractivity contribution < 1.29 is 23.4 Å². The zero-order valence-electron chi connectivity index (χ0n) is 23.9. The van der Waals surface area contributed by atoms with Crippen molar-refractivity contribution in [2.24, 2.45) is 0 Å². The number of hydrogen-bond acceptors (Lipinski definition) is 9. The van der Waals surface area contributed by atoms with E-state index >= 15 is 0 Å². The Hall–Kier alpha value is -3.57. The molecule has 1 saturated heterocycles. The lowest BCUT2D eigenvalue weighted by atomic mass is 10.2. The van der Waals surface area contributed by atoms with Crippen molar-refractivity contribution in [3.05, 3.63) is 42.2 Å². The number of benzene rings is 1. The third-order valence-electron chi connectivity index (χ3n) is 7.35. The molecule has 0 bridgehead atoms. The van der Waals surface area contributed by atoms with Crippen molar-refractivity contribution in [3.63, 3.8) is 0 Å². The van der Waals surface area contributed by atoms with Crippen molar-refractivity contribution in [2.75, 3.05) is 51.6 Å². The molecule has 1 aromatic carbocycles. The number of methoxy groups -OCH3 is 2. The van der Waals surface area contributed by atoms with Crippen LogP contribution in [-0.4, -0.2) is 76.3 Å². The number of anilines is 2. The van der Waals surface area contributed by atoms with Gasteiger partial charge in [-0.1, -0.05) is 43.4 Å². The molecule has 3 heterocycles. The Labute approximate surface area is 231 Å². The summed E-state index contributed by atoms with van der Waals surface area (Å²) in [5.41, 5.74) is 0.277. The van der Waals surface area contributed by atoms with Crippen molar-refractivity contribution >= 4 is 30.8 Å². The summed E-state index contributed by atoms with van der Waals surface area (Å²) in [5, 5.41) is 4.15. The fraction of sp³-hybridized carbons (Fsp3) is 0.464. The molecule has 2 aromatic heterocycles. The first-order valence-corrected chi connectivity index (χ1v) is 16.4. The van der Waals surface area contributed by atoms with Crippen LogP contribution in [0.1, 0.15) is 19.1 Å². The van der Waals surface area contributed by atoms with Crippen LogP contribution < -0.4 is 29.6 Å². The van der Waals surface area contributed by atoms with E-state index in [9.17, 15) is 4.79 Å². The number of amides is 1. The first-order valence-electron chi connectivity index (χ1n) is 13.2. The maximum atomic E-state index is 12.9. The molecule has 0 aliphatic carbocycles. The molecular formula is C28H39N5O5Si. The molecule has 1 aliphatic rings. The van der Waals surface area contributed by atoms with Crippen LogP contribution in [0.3, 0.4) is 0 Å². The molecular weight excluding hydrogens is 514 g/mol. The van der Waals surface area contributed by atoms with Gasteiger partial charge >= 0.3 is 0 Å². The van der Waals surface area contributed by atoms with E-state index in [1.165, 1.54) is 19.4 Å². The summed E-state index contributed by atoms with van der Waals surface area (Å²) < 4.78 is 22.8. The van der Waals surface area contributed by atoms with Crippen LogP contribution in [0.5, 0.6) is 23.5 Å². The molecule has 39 heavy (non-hydrogen) atoms. The van der Waals surface area contributed by atoms with Crippen molar-refractivity contribution in [1.29, 1.82) is 0 Å². The third kappa shape index (κ3) is 6.71. The Bertz CT molecular complexity index is 1270. The molecule has 0 spiro atoms. The first-order chi connectivity index (χ1) is 18.6. The number of likely N-dealkylation sites (N-methyl/N-ethyl adjacent to an activating group) is 1. The number of nitrogens with one attached hydrogen (secondary N) is 1. The lowest BCUT2D eigenvalue weighted by Crippen LogP contribution is -2.40. The van der Waals surface area contributed by atoms with E-state index in [-0.39, 0.29) is 29.8 Å². The molecule has 1 unspecified atom stereocenters. The molecule has 0 radical (unpaired) electrons. The number of carbonyl (C=O) groups is 1. The van der Waals surface area contributed by atoms with E-state index in [4.69, 9.17) is 18.6 Å². The van der Waals surface area contributed by atoms with Gasteiger partial charge in [0.15, 0.2) is 5.69 Å². The molecule has 11 heteroatoms. The van der Waals surface area contributed by atoms with E-state index in [0.29, 0.717) is 29.4 Å². The van der Waals surface area contributed by atoms with Crippen LogP contribution in [0.25, 0.3) is 0 Å². The van der Waals surface area contributed by atoms with Crippen molar-refractivity contribution in [3.8, 4) is 23.5 Å². The second-order valence-corrected chi connectivity index (χ2v) is 15.6. The highest BCUT2D eigenvalue weighted by atomic mass is 28.3. The third-order valence-corrected chi connectivity index (χ3v) is 11.0. The van der Waals surface area contributed by atoms with Gasteiger partial charge in [-0.05, 0) is 38.7 Å². The van der Waals surface area contributed by atoms with Gasteiger partial charge in [-0.2, -0.15) is 9.97 Å². The zero-order chi connectivity index (χ0) is 28.2. The van der Waals surface area contributed by atoms with Gasteiger partial charge in [-0.15, -0.1) is 0 Å². The molecule has 1 atom stereocenters. The summed E-state index contributed by atoms with van der Waals surface area (Å²) in [6, 6.07) is 13.2. The fourth-order valence-electron chi connectivity index (χ4n) is 4.45. The highest BCUT2D eigenvalue weighted by molar-refractivity contribution is 6.89. The van der Waals surface area contributed by atoms with Crippen LogP contribution in [0, 0.1) is 0 Å². The van der Waals surface area contributed by atoms with Crippen LogP contribution in [0.2, 0.25) is 19.1 Å². The van der Waals surface area contributed by atoms with E-state index in [1.807, 2.05) is 12.1 Å². The highest BCUT2D eigenvalue weighted by Gasteiger charge is 2.28. The van der Waals surface area contributed by atoms with Gasteiger partial charge in [0, 0.05) is 25.2 Å². The second kappa shape index (κ2) is 12.1. The van der Waals surface area contributed by atoms with Gasteiger partial charge in [0.05, 0.1) is 28.7 Å². The normalized spacial score (nSPS) is 15.5. The van der Waals surface area contributed by atoms with Crippen molar-refractivity contribution in [2.45, 2.75) is 44.9 Å². The quantitative estimate of drug-likeness (QED) is 0.351. The van der Waals surface area contributed by atoms with Gasteiger partial charge in [-0.25, -0.2) is 0 Å². The molecule has 1 fully saturated rings. The van der Waals surface area contributed by atoms with Crippen LogP contribution >= 0.6 is 0 Å². The summed E-state index contributed by atoms with van der Waals surface area (Å²) in [5.74, 6) is 2.16. The Balaban J connectivity index is 1.43. The van der Waals surface area contributed by atoms with Crippen LogP contribution in [0.4, 0.5) is 11.6 Å². The Morgan fingerprint density at radius 1 is 1.15 bits per heavy atom. The number of ether oxygens (including phenoxy) is 3. The molecule has 0 saturated carbocycles. The maximum absolute atomic E-state index is 12.9. The number of nitrogens with zero attached hydrogens (tertiary/aromatic N) is 4. The van der Waals surface area contributed by atoms with Crippen LogP contribution in [0.15, 0.2) is 40.8 Å². The molecule has 1 aliphatic heterocycles. The van der Waals surface area contributed by atoms with E-state index in [1.54, 1.807) is 12.1 Å². The Morgan fingerprint density at radius 3 is 2.49 bits per heavy atom. The maximum Gasteiger partial charge on any atom is 0.290 e. The monoisotopic (exact) mass is 553 g/mol. The minimum atomic E-state index is -1.49. The standard InChI is InChI=1S/C28H39N5O5Si/c1-8-39(6,7)22-11-9-10-20(16-22)37-24-13-12-21(38-24)17-23(34)29-25-26(35-4)30-28(31-27(25)36-5)33-15-14-19(18-33)32(2)3/h9-13,16,19H,8,14-15,17-18H2,1-7H3,(H,29,34). The molecule has 4 rings (SSSR count). The number of carbonyl (C=O) groups excluding carboxylic acids is 1. The zero-order valence-corrected chi connectivity index (χ0v) is 24.9. The van der Waals surface area contributed by atoms with E-state index in [2.05, 4.69) is 71.3 Å². The number of furan rings is 1. The number of hydrogen-bond donors (Lipinski definition) is 1. The smallest absolute Gasteiger partial charge is 0.290 e. The van der Waals surface area contributed by atoms with Gasteiger partial charge in [0.1, 0.15) is 11.5 Å². The summed E-state index contributed by atoms with van der Waals surface area (Å²) in [6.07, 6.45) is 1.00. The van der Waals surface area contributed by atoms with Gasteiger partial charge < -0.3 is 33.7 Å².